The van der Waals surface area contributed by atoms with Gasteiger partial charge in [-0.25, -0.2) is 0 Å². The van der Waals surface area contributed by atoms with Gasteiger partial charge in [-0.3, -0.25) is 4.98 Å². The summed E-state index contributed by atoms with van der Waals surface area (Å²) in [6.07, 6.45) is 1.87. The highest BCUT2D eigenvalue weighted by Crippen LogP contribution is 2.19. The van der Waals surface area contributed by atoms with Gasteiger partial charge in [0, 0.05) is 23.5 Å². The Labute approximate surface area is 78.6 Å². The summed E-state index contributed by atoms with van der Waals surface area (Å²) in [6, 6.07) is 3.47. The van der Waals surface area contributed by atoms with Crippen LogP contribution >= 0.6 is 0 Å². The molecule has 0 bridgehead atoms. The molecule has 3 heteroatoms. The molecule has 0 aliphatic rings. The number of aliphatic hydroxyl groups is 1. The van der Waals surface area contributed by atoms with Crippen LogP contribution in [0.1, 0.15) is 30.7 Å². The lowest BCUT2D eigenvalue weighted by Crippen LogP contribution is -2.27. The second-order valence-electron chi connectivity index (χ2n) is 3.19. The molecule has 1 aromatic heterocycles. The number of nitrogens with zero attached hydrogens (tertiary/aromatic N) is 1. The summed E-state index contributed by atoms with van der Waals surface area (Å²) in [4.78, 5) is 4.10. The van der Waals surface area contributed by atoms with E-state index < -0.39 is 6.10 Å². The standard InChI is InChI=1S/C10H16N2O/c1-3-9(11)10(13)8-5-4-6-12-7(8)2/h4-6,9-10,13H,3,11H2,1-2H3/t9-,10-/m0/s1. The molecule has 1 heterocycles. The number of rotatable bonds is 3. The molecular formula is C10H16N2O. The molecule has 2 atom stereocenters. The van der Waals surface area contributed by atoms with Crippen LogP contribution in [0, 0.1) is 6.92 Å². The number of hydrogen-bond donors (Lipinski definition) is 2. The minimum absolute atomic E-state index is 0.206. The van der Waals surface area contributed by atoms with Crippen LogP contribution in [0.4, 0.5) is 0 Å². The average molecular weight is 180 g/mol. The highest BCUT2D eigenvalue weighted by Gasteiger charge is 2.16. The smallest absolute Gasteiger partial charge is 0.0958 e. The lowest BCUT2D eigenvalue weighted by Gasteiger charge is -2.18. The summed E-state index contributed by atoms with van der Waals surface area (Å²) in [6.45, 7) is 3.83. The zero-order chi connectivity index (χ0) is 9.84. The van der Waals surface area contributed by atoms with Crippen LogP contribution in [0.2, 0.25) is 0 Å². The second kappa shape index (κ2) is 4.35. The number of aryl methyl sites for hydroxylation is 1. The van der Waals surface area contributed by atoms with Crippen molar-refractivity contribution in [2.75, 3.05) is 0 Å². The maximum absolute atomic E-state index is 9.80. The lowest BCUT2D eigenvalue weighted by atomic mass is 10.0. The Morgan fingerprint density at radius 3 is 2.85 bits per heavy atom. The van der Waals surface area contributed by atoms with Gasteiger partial charge in [-0.2, -0.15) is 0 Å². The molecule has 0 radical (unpaired) electrons. The molecule has 72 valence electrons. The predicted molar refractivity (Wildman–Crippen MR) is 52.2 cm³/mol. The number of aliphatic hydroxyl groups excluding tert-OH is 1. The third kappa shape index (κ3) is 2.26. The van der Waals surface area contributed by atoms with Crippen LogP contribution in [0.5, 0.6) is 0 Å². The molecule has 0 saturated carbocycles. The van der Waals surface area contributed by atoms with Gasteiger partial charge in [-0.15, -0.1) is 0 Å². The van der Waals surface area contributed by atoms with E-state index in [0.717, 1.165) is 17.7 Å². The topological polar surface area (TPSA) is 59.1 Å². The third-order valence-electron chi connectivity index (χ3n) is 2.24. The molecule has 0 aliphatic carbocycles. The largest absolute Gasteiger partial charge is 0.387 e. The van der Waals surface area contributed by atoms with Crippen molar-refractivity contribution < 1.29 is 5.11 Å². The maximum atomic E-state index is 9.80. The first kappa shape index (κ1) is 10.2. The molecule has 0 spiro atoms. The van der Waals surface area contributed by atoms with E-state index in [1.54, 1.807) is 6.20 Å². The number of hydrogen-bond acceptors (Lipinski definition) is 3. The number of pyridine rings is 1. The van der Waals surface area contributed by atoms with E-state index in [2.05, 4.69) is 4.98 Å². The van der Waals surface area contributed by atoms with Gasteiger partial charge in [-0.05, 0) is 19.4 Å². The van der Waals surface area contributed by atoms with Gasteiger partial charge in [0.2, 0.25) is 0 Å². The third-order valence-corrected chi connectivity index (χ3v) is 2.24. The van der Waals surface area contributed by atoms with E-state index in [1.165, 1.54) is 0 Å². The fourth-order valence-electron chi connectivity index (χ4n) is 1.26. The molecule has 3 nitrogen and oxygen atoms in total. The van der Waals surface area contributed by atoms with E-state index in [4.69, 9.17) is 5.73 Å². The summed E-state index contributed by atoms with van der Waals surface area (Å²) in [5.74, 6) is 0. The molecule has 0 fully saturated rings. The Hall–Kier alpha value is -0.930. The number of aromatic nitrogens is 1. The van der Waals surface area contributed by atoms with Crippen LogP contribution in [0.25, 0.3) is 0 Å². The van der Waals surface area contributed by atoms with Crippen molar-refractivity contribution >= 4 is 0 Å². The molecule has 0 aliphatic heterocycles. The fraction of sp³-hybridized carbons (Fsp3) is 0.500. The molecule has 0 amide bonds. The zero-order valence-electron chi connectivity index (χ0n) is 8.07. The first-order valence-electron chi connectivity index (χ1n) is 4.52. The summed E-state index contributed by atoms with van der Waals surface area (Å²) in [7, 11) is 0. The van der Waals surface area contributed by atoms with Crippen molar-refractivity contribution in [2.45, 2.75) is 32.4 Å². The summed E-state index contributed by atoms with van der Waals surface area (Å²) in [5, 5.41) is 9.80. The van der Waals surface area contributed by atoms with Crippen LogP contribution in [0.15, 0.2) is 18.3 Å². The van der Waals surface area contributed by atoms with Crippen LogP contribution in [-0.4, -0.2) is 16.1 Å². The Kier molecular flexibility index (Phi) is 3.39. The minimum atomic E-state index is -0.598. The van der Waals surface area contributed by atoms with E-state index >= 15 is 0 Å². The monoisotopic (exact) mass is 180 g/mol. The van der Waals surface area contributed by atoms with E-state index in [1.807, 2.05) is 26.0 Å². The van der Waals surface area contributed by atoms with Crippen molar-refractivity contribution in [1.29, 1.82) is 0 Å². The zero-order valence-corrected chi connectivity index (χ0v) is 8.07. The summed E-state index contributed by atoms with van der Waals surface area (Å²) >= 11 is 0. The van der Waals surface area contributed by atoms with Gasteiger partial charge >= 0.3 is 0 Å². The molecule has 0 saturated heterocycles. The van der Waals surface area contributed by atoms with Crippen molar-refractivity contribution in [1.82, 2.24) is 4.98 Å². The molecule has 1 aromatic rings. The Morgan fingerprint density at radius 2 is 2.31 bits per heavy atom. The van der Waals surface area contributed by atoms with Gasteiger partial charge in [0.05, 0.1) is 6.10 Å². The molecule has 0 unspecified atom stereocenters. The Morgan fingerprint density at radius 1 is 1.62 bits per heavy atom. The van der Waals surface area contributed by atoms with Crippen molar-refractivity contribution in [2.24, 2.45) is 5.73 Å². The Balaban J connectivity index is 2.88. The van der Waals surface area contributed by atoms with E-state index in [-0.39, 0.29) is 6.04 Å². The van der Waals surface area contributed by atoms with Crippen molar-refractivity contribution in [3.63, 3.8) is 0 Å². The lowest BCUT2D eigenvalue weighted by molar-refractivity contribution is 0.143. The van der Waals surface area contributed by atoms with Crippen LogP contribution in [-0.2, 0) is 0 Å². The SMILES string of the molecule is CC[C@H](N)[C@@H](O)c1cccnc1C. The normalized spacial score (nSPS) is 15.4. The predicted octanol–water partition coefficient (Wildman–Crippen LogP) is 1.16. The molecule has 0 aromatic carbocycles. The first-order valence-corrected chi connectivity index (χ1v) is 4.52. The van der Waals surface area contributed by atoms with Gasteiger partial charge < -0.3 is 10.8 Å². The molecule has 3 N–H and O–H groups in total. The van der Waals surface area contributed by atoms with Crippen molar-refractivity contribution in [3.05, 3.63) is 29.6 Å². The quantitative estimate of drug-likeness (QED) is 0.733. The second-order valence-corrected chi connectivity index (χ2v) is 3.19. The van der Waals surface area contributed by atoms with E-state index in [9.17, 15) is 5.11 Å². The van der Waals surface area contributed by atoms with Gasteiger partial charge in [0.1, 0.15) is 0 Å². The summed E-state index contributed by atoms with van der Waals surface area (Å²) < 4.78 is 0. The summed E-state index contributed by atoms with van der Waals surface area (Å²) in [5.41, 5.74) is 7.42. The van der Waals surface area contributed by atoms with Gasteiger partial charge in [0.25, 0.3) is 0 Å². The fourth-order valence-corrected chi connectivity index (χ4v) is 1.26. The van der Waals surface area contributed by atoms with Gasteiger partial charge in [-0.1, -0.05) is 13.0 Å². The van der Waals surface area contributed by atoms with Crippen LogP contribution in [0.3, 0.4) is 0 Å². The molecule has 1 rings (SSSR count). The van der Waals surface area contributed by atoms with E-state index in [0.29, 0.717) is 0 Å². The highest BCUT2D eigenvalue weighted by molar-refractivity contribution is 5.22. The van der Waals surface area contributed by atoms with Crippen molar-refractivity contribution in [3.8, 4) is 0 Å². The average Bonchev–Trinajstić information content (AvgIpc) is 2.16. The maximum Gasteiger partial charge on any atom is 0.0958 e. The Bertz CT molecular complexity index is 275. The van der Waals surface area contributed by atoms with Crippen LogP contribution < -0.4 is 5.73 Å². The first-order chi connectivity index (χ1) is 6.16. The minimum Gasteiger partial charge on any atom is -0.387 e. The molecule has 13 heavy (non-hydrogen) atoms. The number of nitrogens with two attached hydrogens (primary N) is 1. The van der Waals surface area contributed by atoms with Gasteiger partial charge in [0.15, 0.2) is 0 Å². The highest BCUT2D eigenvalue weighted by atomic mass is 16.3. The molecular weight excluding hydrogens is 164 g/mol.